The van der Waals surface area contributed by atoms with Crippen molar-refractivity contribution < 1.29 is 4.79 Å². The van der Waals surface area contributed by atoms with Gasteiger partial charge in [0.05, 0.1) is 12.2 Å². The lowest BCUT2D eigenvalue weighted by Gasteiger charge is -2.08. The molecule has 2 aromatic rings. The molecule has 0 spiro atoms. The Hall–Kier alpha value is -1.60. The SMILES string of the molecule is NC(=O)c1ccc(N)c(NCc2cc(Br)cs2)n1. The number of anilines is 2. The van der Waals surface area contributed by atoms with Gasteiger partial charge in [-0.25, -0.2) is 4.98 Å². The van der Waals surface area contributed by atoms with Gasteiger partial charge in [0, 0.05) is 14.7 Å². The molecule has 2 aromatic heterocycles. The zero-order chi connectivity index (χ0) is 13.1. The Labute approximate surface area is 116 Å². The molecule has 0 radical (unpaired) electrons. The van der Waals surface area contributed by atoms with Crippen LogP contribution >= 0.6 is 27.3 Å². The van der Waals surface area contributed by atoms with E-state index in [0.29, 0.717) is 18.1 Å². The number of carbonyl (C=O) groups is 1. The van der Waals surface area contributed by atoms with E-state index in [1.807, 2.05) is 11.4 Å². The molecule has 0 atom stereocenters. The van der Waals surface area contributed by atoms with Crippen LogP contribution in [0.3, 0.4) is 0 Å². The number of hydrogen-bond donors (Lipinski definition) is 3. The van der Waals surface area contributed by atoms with Crippen LogP contribution in [0.2, 0.25) is 0 Å². The highest BCUT2D eigenvalue weighted by Crippen LogP contribution is 2.22. The smallest absolute Gasteiger partial charge is 0.267 e. The predicted molar refractivity (Wildman–Crippen MR) is 76.5 cm³/mol. The summed E-state index contributed by atoms with van der Waals surface area (Å²) < 4.78 is 1.04. The molecule has 18 heavy (non-hydrogen) atoms. The molecule has 0 unspecified atom stereocenters. The van der Waals surface area contributed by atoms with E-state index in [2.05, 4.69) is 26.2 Å². The number of primary amides is 1. The molecule has 5 nitrogen and oxygen atoms in total. The van der Waals surface area contributed by atoms with Gasteiger partial charge in [-0.15, -0.1) is 11.3 Å². The lowest BCUT2D eigenvalue weighted by Crippen LogP contribution is -2.15. The van der Waals surface area contributed by atoms with Crippen LogP contribution in [0, 0.1) is 0 Å². The summed E-state index contributed by atoms with van der Waals surface area (Å²) in [5, 5.41) is 5.08. The first-order chi connectivity index (χ1) is 8.56. The fraction of sp³-hybridized carbons (Fsp3) is 0.0909. The molecule has 0 saturated heterocycles. The van der Waals surface area contributed by atoms with Gasteiger partial charge in [-0.2, -0.15) is 0 Å². The van der Waals surface area contributed by atoms with Gasteiger partial charge < -0.3 is 16.8 Å². The zero-order valence-electron chi connectivity index (χ0n) is 9.31. The molecule has 94 valence electrons. The Morgan fingerprint density at radius 1 is 1.50 bits per heavy atom. The lowest BCUT2D eigenvalue weighted by molar-refractivity contribution is 0.0996. The molecule has 2 rings (SSSR count). The number of rotatable bonds is 4. The van der Waals surface area contributed by atoms with E-state index in [4.69, 9.17) is 11.5 Å². The maximum absolute atomic E-state index is 11.0. The van der Waals surface area contributed by atoms with Crippen molar-refractivity contribution in [1.82, 2.24) is 4.98 Å². The minimum Gasteiger partial charge on any atom is -0.396 e. The van der Waals surface area contributed by atoms with Crippen LogP contribution in [0.25, 0.3) is 0 Å². The predicted octanol–water partition coefficient (Wildman–Crippen LogP) is 2.20. The maximum Gasteiger partial charge on any atom is 0.267 e. The summed E-state index contributed by atoms with van der Waals surface area (Å²) in [6, 6.07) is 5.12. The molecule has 7 heteroatoms. The van der Waals surface area contributed by atoms with E-state index < -0.39 is 5.91 Å². The van der Waals surface area contributed by atoms with Crippen LogP contribution in [-0.4, -0.2) is 10.9 Å². The third-order valence-corrected chi connectivity index (χ3v) is 3.93. The molecule has 0 aromatic carbocycles. The van der Waals surface area contributed by atoms with Gasteiger partial charge in [0.15, 0.2) is 0 Å². The fourth-order valence-corrected chi connectivity index (χ4v) is 2.76. The summed E-state index contributed by atoms with van der Waals surface area (Å²) in [5.74, 6) is -0.104. The van der Waals surface area contributed by atoms with Crippen molar-refractivity contribution >= 4 is 44.7 Å². The fourth-order valence-electron chi connectivity index (χ4n) is 1.37. The number of hydrogen-bond acceptors (Lipinski definition) is 5. The minimum atomic E-state index is -0.572. The first-order valence-electron chi connectivity index (χ1n) is 5.09. The van der Waals surface area contributed by atoms with Crippen molar-refractivity contribution in [3.63, 3.8) is 0 Å². The van der Waals surface area contributed by atoms with Crippen LogP contribution < -0.4 is 16.8 Å². The van der Waals surface area contributed by atoms with Crippen LogP contribution in [0.15, 0.2) is 28.1 Å². The van der Waals surface area contributed by atoms with Crippen molar-refractivity contribution in [3.05, 3.63) is 38.6 Å². The monoisotopic (exact) mass is 326 g/mol. The Balaban J connectivity index is 2.13. The first kappa shape index (κ1) is 12.8. The summed E-state index contributed by atoms with van der Waals surface area (Å²) in [5.41, 5.74) is 11.6. The Morgan fingerprint density at radius 2 is 2.28 bits per heavy atom. The van der Waals surface area contributed by atoms with Crippen LogP contribution in [0.1, 0.15) is 15.4 Å². The Morgan fingerprint density at radius 3 is 2.89 bits per heavy atom. The number of amides is 1. The number of nitrogens with one attached hydrogen (secondary N) is 1. The van der Waals surface area contributed by atoms with Gasteiger partial charge in [-0.05, 0) is 34.1 Å². The molecule has 0 aliphatic heterocycles. The van der Waals surface area contributed by atoms with Gasteiger partial charge >= 0.3 is 0 Å². The largest absolute Gasteiger partial charge is 0.396 e. The van der Waals surface area contributed by atoms with Gasteiger partial charge in [-0.1, -0.05) is 0 Å². The number of halogens is 1. The summed E-state index contributed by atoms with van der Waals surface area (Å²) in [6.07, 6.45) is 0. The van der Waals surface area contributed by atoms with Gasteiger partial charge in [-0.3, -0.25) is 4.79 Å². The molecular weight excluding hydrogens is 316 g/mol. The van der Waals surface area contributed by atoms with Crippen LogP contribution in [0.4, 0.5) is 11.5 Å². The Kier molecular flexibility index (Phi) is 3.83. The third-order valence-electron chi connectivity index (χ3n) is 2.23. The van der Waals surface area contributed by atoms with Gasteiger partial charge in [0.1, 0.15) is 11.5 Å². The highest BCUT2D eigenvalue weighted by atomic mass is 79.9. The number of thiophene rings is 1. The highest BCUT2D eigenvalue weighted by molar-refractivity contribution is 9.10. The third kappa shape index (κ3) is 2.99. The first-order valence-corrected chi connectivity index (χ1v) is 6.76. The molecule has 1 amide bonds. The van der Waals surface area contributed by atoms with Crippen molar-refractivity contribution in [2.24, 2.45) is 5.73 Å². The van der Waals surface area contributed by atoms with E-state index in [1.54, 1.807) is 17.4 Å². The maximum atomic E-state index is 11.0. The van der Waals surface area contributed by atoms with Crippen molar-refractivity contribution in [3.8, 4) is 0 Å². The second-order valence-corrected chi connectivity index (χ2v) is 5.49. The molecule has 0 aliphatic carbocycles. The quantitative estimate of drug-likeness (QED) is 0.802. The van der Waals surface area contributed by atoms with Crippen LogP contribution in [0.5, 0.6) is 0 Å². The van der Waals surface area contributed by atoms with E-state index in [1.165, 1.54) is 6.07 Å². The summed E-state index contributed by atoms with van der Waals surface area (Å²) in [6.45, 7) is 0.593. The van der Waals surface area contributed by atoms with E-state index in [0.717, 1.165) is 9.35 Å². The molecule has 2 heterocycles. The average Bonchev–Trinajstić information content (AvgIpc) is 2.74. The van der Waals surface area contributed by atoms with Crippen molar-refractivity contribution in [2.45, 2.75) is 6.54 Å². The molecule has 0 saturated carbocycles. The lowest BCUT2D eigenvalue weighted by atomic mass is 10.3. The van der Waals surface area contributed by atoms with Crippen LogP contribution in [-0.2, 0) is 6.54 Å². The second-order valence-electron chi connectivity index (χ2n) is 3.58. The topological polar surface area (TPSA) is 94.0 Å². The van der Waals surface area contributed by atoms with Gasteiger partial charge in [0.2, 0.25) is 0 Å². The number of aromatic nitrogens is 1. The van der Waals surface area contributed by atoms with Crippen molar-refractivity contribution in [1.29, 1.82) is 0 Å². The molecule has 0 aliphatic rings. The highest BCUT2D eigenvalue weighted by Gasteiger charge is 2.07. The number of carbonyl (C=O) groups excluding carboxylic acids is 1. The number of nitrogens with zero attached hydrogens (tertiary/aromatic N) is 1. The molecule has 0 bridgehead atoms. The Bertz CT molecular complexity index is 584. The second kappa shape index (κ2) is 5.36. The standard InChI is InChI=1S/C11H11BrN4OS/c12-6-3-7(18-5-6)4-15-11-8(13)1-2-9(16-11)10(14)17/h1-3,5H,4,13H2,(H2,14,17)(H,15,16). The molecular formula is C11H11BrN4OS. The van der Waals surface area contributed by atoms with E-state index in [-0.39, 0.29) is 5.69 Å². The summed E-state index contributed by atoms with van der Waals surface area (Å²) in [7, 11) is 0. The summed E-state index contributed by atoms with van der Waals surface area (Å²) in [4.78, 5) is 16.2. The number of nitrogen functional groups attached to an aromatic ring is 1. The van der Waals surface area contributed by atoms with E-state index in [9.17, 15) is 4.79 Å². The normalized spacial score (nSPS) is 10.3. The average molecular weight is 327 g/mol. The zero-order valence-corrected chi connectivity index (χ0v) is 11.7. The molecule has 0 fully saturated rings. The van der Waals surface area contributed by atoms with E-state index >= 15 is 0 Å². The molecule has 5 N–H and O–H groups in total. The minimum absolute atomic E-state index is 0.194. The summed E-state index contributed by atoms with van der Waals surface area (Å²) >= 11 is 5.00. The number of nitrogens with two attached hydrogens (primary N) is 2. The number of pyridine rings is 1. The van der Waals surface area contributed by atoms with Crippen molar-refractivity contribution in [2.75, 3.05) is 11.1 Å². The van der Waals surface area contributed by atoms with Gasteiger partial charge in [0.25, 0.3) is 5.91 Å².